The molecule has 1 saturated carbocycles. The van der Waals surface area contributed by atoms with Crippen LogP contribution in [-0.2, 0) is 16.6 Å². The van der Waals surface area contributed by atoms with Crippen molar-refractivity contribution in [2.24, 2.45) is 0 Å². The molecular formula is C12H15N3O2S2. The zero-order chi connectivity index (χ0) is 13.3. The number of aromatic nitrogens is 2. The average Bonchev–Trinajstić information content (AvgIpc) is 2.92. The van der Waals surface area contributed by atoms with Crippen molar-refractivity contribution in [1.29, 1.82) is 0 Å². The first-order chi connectivity index (χ1) is 9.17. The van der Waals surface area contributed by atoms with Gasteiger partial charge in [0, 0.05) is 31.4 Å². The first kappa shape index (κ1) is 12.8. The van der Waals surface area contributed by atoms with Crippen LogP contribution in [0, 0.1) is 0 Å². The van der Waals surface area contributed by atoms with Crippen LogP contribution in [0.3, 0.4) is 0 Å². The standard InChI is InChI=1S/C12H15N3O2S2/c16-19(17,11-2-1-9-18-11)14-6-8-15-7-5-13-12(15)10-3-4-10/h1-2,5,7,9-10,14H,3-4,6,8H2. The Morgan fingerprint density at radius 2 is 2.32 bits per heavy atom. The first-order valence-corrected chi connectivity index (χ1v) is 8.57. The second-order valence-corrected chi connectivity index (χ2v) is 7.52. The number of hydrogen-bond acceptors (Lipinski definition) is 4. The van der Waals surface area contributed by atoms with E-state index in [1.165, 1.54) is 24.2 Å². The van der Waals surface area contributed by atoms with Crippen LogP contribution in [0.4, 0.5) is 0 Å². The predicted molar refractivity (Wildman–Crippen MR) is 73.7 cm³/mol. The van der Waals surface area contributed by atoms with Gasteiger partial charge in [-0.25, -0.2) is 18.1 Å². The zero-order valence-electron chi connectivity index (χ0n) is 10.3. The molecule has 1 aliphatic carbocycles. The molecule has 1 N–H and O–H groups in total. The molecule has 1 fully saturated rings. The lowest BCUT2D eigenvalue weighted by atomic mass is 10.4. The maximum Gasteiger partial charge on any atom is 0.250 e. The van der Waals surface area contributed by atoms with E-state index in [0.717, 1.165) is 5.82 Å². The largest absolute Gasteiger partial charge is 0.333 e. The number of hydrogen-bond donors (Lipinski definition) is 1. The Bertz CT molecular complexity index is 642. The Morgan fingerprint density at radius 1 is 1.47 bits per heavy atom. The first-order valence-electron chi connectivity index (χ1n) is 6.21. The normalized spacial score (nSPS) is 15.8. The third-order valence-corrected chi connectivity index (χ3v) is 5.95. The lowest BCUT2D eigenvalue weighted by Gasteiger charge is -2.08. The second kappa shape index (κ2) is 5.07. The van der Waals surface area contributed by atoms with E-state index >= 15 is 0 Å². The van der Waals surface area contributed by atoms with E-state index in [-0.39, 0.29) is 0 Å². The summed E-state index contributed by atoms with van der Waals surface area (Å²) in [6, 6.07) is 3.35. The molecule has 2 heterocycles. The lowest BCUT2D eigenvalue weighted by molar-refractivity contribution is 0.571. The highest BCUT2D eigenvalue weighted by Gasteiger charge is 2.27. The van der Waals surface area contributed by atoms with Crippen LogP contribution in [0.15, 0.2) is 34.1 Å². The Balaban J connectivity index is 1.60. The van der Waals surface area contributed by atoms with Crippen molar-refractivity contribution in [2.45, 2.75) is 29.5 Å². The van der Waals surface area contributed by atoms with Gasteiger partial charge in [-0.1, -0.05) is 6.07 Å². The van der Waals surface area contributed by atoms with E-state index in [1.54, 1.807) is 23.7 Å². The molecule has 7 heteroatoms. The second-order valence-electron chi connectivity index (χ2n) is 4.58. The van der Waals surface area contributed by atoms with Gasteiger partial charge >= 0.3 is 0 Å². The third kappa shape index (κ3) is 2.88. The van der Waals surface area contributed by atoms with Crippen molar-refractivity contribution >= 4 is 21.4 Å². The van der Waals surface area contributed by atoms with Gasteiger partial charge in [-0.15, -0.1) is 11.3 Å². The molecule has 0 saturated heterocycles. The summed E-state index contributed by atoms with van der Waals surface area (Å²) in [4.78, 5) is 4.33. The van der Waals surface area contributed by atoms with Crippen LogP contribution in [-0.4, -0.2) is 24.5 Å². The minimum atomic E-state index is -3.35. The summed E-state index contributed by atoms with van der Waals surface area (Å²) >= 11 is 1.23. The number of thiophene rings is 1. The topological polar surface area (TPSA) is 64.0 Å². The number of rotatable bonds is 6. The van der Waals surface area contributed by atoms with Gasteiger partial charge in [0.1, 0.15) is 10.0 Å². The molecule has 0 amide bonds. The number of imidazole rings is 1. The summed E-state index contributed by atoms with van der Waals surface area (Å²) in [6.45, 7) is 1.01. The van der Waals surface area contributed by atoms with Crippen molar-refractivity contribution in [3.8, 4) is 0 Å². The van der Waals surface area contributed by atoms with Gasteiger partial charge in [0.05, 0.1) is 0 Å². The van der Waals surface area contributed by atoms with Crippen LogP contribution in [0.5, 0.6) is 0 Å². The van der Waals surface area contributed by atoms with E-state index in [9.17, 15) is 8.42 Å². The van der Waals surface area contributed by atoms with Crippen LogP contribution in [0.2, 0.25) is 0 Å². The van der Waals surface area contributed by atoms with Gasteiger partial charge in [-0.2, -0.15) is 0 Å². The molecule has 19 heavy (non-hydrogen) atoms. The van der Waals surface area contributed by atoms with Crippen molar-refractivity contribution in [1.82, 2.24) is 14.3 Å². The quantitative estimate of drug-likeness (QED) is 0.884. The van der Waals surface area contributed by atoms with Crippen LogP contribution in [0.25, 0.3) is 0 Å². The molecule has 102 valence electrons. The van der Waals surface area contributed by atoms with Gasteiger partial charge in [-0.3, -0.25) is 0 Å². The fourth-order valence-electron chi connectivity index (χ4n) is 2.00. The highest BCUT2D eigenvalue weighted by atomic mass is 32.2. The minimum absolute atomic E-state index is 0.362. The molecule has 0 spiro atoms. The molecule has 0 aromatic carbocycles. The summed E-state index contributed by atoms with van der Waals surface area (Å²) in [5.74, 6) is 1.65. The van der Waals surface area contributed by atoms with E-state index in [2.05, 4.69) is 9.71 Å². The molecule has 0 bridgehead atoms. The van der Waals surface area contributed by atoms with E-state index in [0.29, 0.717) is 23.2 Å². The molecule has 5 nitrogen and oxygen atoms in total. The molecular weight excluding hydrogens is 282 g/mol. The molecule has 3 rings (SSSR count). The van der Waals surface area contributed by atoms with E-state index in [4.69, 9.17) is 0 Å². The predicted octanol–water partition coefficient (Wildman–Crippen LogP) is 1.80. The fraction of sp³-hybridized carbons (Fsp3) is 0.417. The van der Waals surface area contributed by atoms with E-state index in [1.807, 2.05) is 10.8 Å². The van der Waals surface area contributed by atoms with Crippen LogP contribution < -0.4 is 4.72 Å². The summed E-state index contributed by atoms with van der Waals surface area (Å²) in [5.41, 5.74) is 0. The fourth-order valence-corrected chi connectivity index (χ4v) is 4.06. The Kier molecular flexibility index (Phi) is 3.42. The minimum Gasteiger partial charge on any atom is -0.333 e. The zero-order valence-corrected chi connectivity index (χ0v) is 12.0. The Morgan fingerprint density at radius 3 is 3.00 bits per heavy atom. The number of nitrogens with zero attached hydrogens (tertiary/aromatic N) is 2. The molecule has 2 aromatic rings. The molecule has 1 aliphatic rings. The summed E-state index contributed by atoms with van der Waals surface area (Å²) in [6.07, 6.45) is 6.07. The molecule has 0 aliphatic heterocycles. The van der Waals surface area contributed by atoms with E-state index < -0.39 is 10.0 Å². The van der Waals surface area contributed by atoms with Gasteiger partial charge < -0.3 is 4.57 Å². The summed E-state index contributed by atoms with van der Waals surface area (Å²) in [5, 5.41) is 1.76. The summed E-state index contributed by atoms with van der Waals surface area (Å²) in [7, 11) is -3.35. The van der Waals surface area contributed by atoms with Gasteiger partial charge in [-0.05, 0) is 24.3 Å². The van der Waals surface area contributed by atoms with Gasteiger partial charge in [0.25, 0.3) is 0 Å². The Labute approximate surface area is 116 Å². The van der Waals surface area contributed by atoms with Crippen LogP contribution in [0.1, 0.15) is 24.6 Å². The monoisotopic (exact) mass is 297 g/mol. The lowest BCUT2D eigenvalue weighted by Crippen LogP contribution is -2.27. The molecule has 2 aromatic heterocycles. The Hall–Kier alpha value is -1.18. The molecule has 0 radical (unpaired) electrons. The van der Waals surface area contributed by atoms with Gasteiger partial charge in [0.15, 0.2) is 0 Å². The van der Waals surface area contributed by atoms with Crippen LogP contribution >= 0.6 is 11.3 Å². The maximum atomic E-state index is 11.9. The smallest absolute Gasteiger partial charge is 0.250 e. The maximum absolute atomic E-state index is 11.9. The highest BCUT2D eigenvalue weighted by molar-refractivity contribution is 7.91. The molecule has 0 unspecified atom stereocenters. The third-order valence-electron chi connectivity index (χ3n) is 3.09. The number of nitrogens with one attached hydrogen (secondary N) is 1. The van der Waals surface area contributed by atoms with Crippen molar-refractivity contribution < 1.29 is 8.42 Å². The average molecular weight is 297 g/mol. The summed E-state index contributed by atoms with van der Waals surface area (Å²) < 4.78 is 28.9. The number of sulfonamides is 1. The highest BCUT2D eigenvalue weighted by Crippen LogP contribution is 2.38. The van der Waals surface area contributed by atoms with Crippen molar-refractivity contribution in [3.63, 3.8) is 0 Å². The van der Waals surface area contributed by atoms with Crippen molar-refractivity contribution in [2.75, 3.05) is 6.54 Å². The molecule has 0 atom stereocenters. The van der Waals surface area contributed by atoms with Gasteiger partial charge in [0.2, 0.25) is 10.0 Å². The van der Waals surface area contributed by atoms with Crippen molar-refractivity contribution in [3.05, 3.63) is 35.7 Å². The SMILES string of the molecule is O=S(=O)(NCCn1ccnc1C1CC1)c1cccs1.